The first kappa shape index (κ1) is 11.7. The summed E-state index contributed by atoms with van der Waals surface area (Å²) in [7, 11) is 1.40. The summed E-state index contributed by atoms with van der Waals surface area (Å²) in [5, 5.41) is 3.83. The van der Waals surface area contributed by atoms with Crippen molar-refractivity contribution in [3.63, 3.8) is 0 Å². The summed E-state index contributed by atoms with van der Waals surface area (Å²) in [6.45, 7) is 0. The van der Waals surface area contributed by atoms with Gasteiger partial charge in [0.2, 0.25) is 0 Å². The van der Waals surface area contributed by atoms with Crippen molar-refractivity contribution in [3.05, 3.63) is 27.7 Å². The normalized spacial score (nSPS) is 16.7. The van der Waals surface area contributed by atoms with Crippen molar-refractivity contribution in [3.8, 4) is 0 Å². The number of esters is 1. The van der Waals surface area contributed by atoms with E-state index in [1.54, 1.807) is 6.07 Å². The molecular weight excluding hydrogens is 293 g/mol. The van der Waals surface area contributed by atoms with Crippen LogP contribution >= 0.6 is 27.5 Å². The highest BCUT2D eigenvalue weighted by atomic mass is 79.9. The molecule has 1 aromatic carbocycles. The van der Waals surface area contributed by atoms with Gasteiger partial charge in [0.25, 0.3) is 0 Å². The summed E-state index contributed by atoms with van der Waals surface area (Å²) in [5.41, 5.74) is 0.335. The lowest BCUT2D eigenvalue weighted by molar-refractivity contribution is -0.142. The van der Waals surface area contributed by atoms with Gasteiger partial charge in [-0.25, -0.2) is 4.79 Å². The molecule has 1 aromatic rings. The average molecular weight is 305 g/mol. The molecule has 0 amide bonds. The molecule has 0 spiro atoms. The molecule has 0 bridgehead atoms. The molecule has 86 valence electrons. The minimum atomic E-state index is -0.526. The van der Waals surface area contributed by atoms with Crippen molar-refractivity contribution < 1.29 is 9.53 Å². The number of methoxy groups -OCH3 is 1. The van der Waals surface area contributed by atoms with Crippen LogP contribution in [0.5, 0.6) is 0 Å². The molecule has 1 N–H and O–H groups in total. The second-order valence-corrected chi connectivity index (χ2v) is 5.09. The van der Waals surface area contributed by atoms with Crippen LogP contribution in [-0.2, 0) is 9.53 Å². The smallest absolute Gasteiger partial charge is 0.331 e. The molecule has 0 aliphatic heterocycles. The Kier molecular flexibility index (Phi) is 3.13. The molecule has 1 aliphatic carbocycles. The Morgan fingerprint density at radius 1 is 1.56 bits per heavy atom. The summed E-state index contributed by atoms with van der Waals surface area (Å²) >= 11 is 9.23. The Morgan fingerprint density at radius 3 is 2.75 bits per heavy atom. The van der Waals surface area contributed by atoms with Crippen LogP contribution in [0, 0.1) is 0 Å². The van der Waals surface area contributed by atoms with Crippen LogP contribution < -0.4 is 5.32 Å². The van der Waals surface area contributed by atoms with Gasteiger partial charge in [-0.2, -0.15) is 0 Å². The standard InChI is InChI=1S/C11H11BrClNO2/c1-16-10(15)11(4-5-11)14-7-2-3-9(13)8(12)6-7/h2-3,6,14H,4-5H2,1H3. The van der Waals surface area contributed by atoms with Crippen molar-refractivity contribution in [1.82, 2.24) is 0 Å². The molecule has 2 rings (SSSR count). The van der Waals surface area contributed by atoms with E-state index in [0.29, 0.717) is 5.02 Å². The molecule has 0 unspecified atom stereocenters. The second-order valence-electron chi connectivity index (χ2n) is 3.83. The summed E-state index contributed by atoms with van der Waals surface area (Å²) in [5.74, 6) is -0.210. The largest absolute Gasteiger partial charge is 0.467 e. The number of ether oxygens (including phenoxy) is 1. The van der Waals surface area contributed by atoms with Gasteiger partial charge in [-0.15, -0.1) is 0 Å². The lowest BCUT2D eigenvalue weighted by Crippen LogP contribution is -2.32. The van der Waals surface area contributed by atoms with E-state index in [1.165, 1.54) is 7.11 Å². The van der Waals surface area contributed by atoms with Crippen molar-refractivity contribution in [2.24, 2.45) is 0 Å². The van der Waals surface area contributed by atoms with Crippen molar-refractivity contribution >= 4 is 39.2 Å². The van der Waals surface area contributed by atoms with Crippen LogP contribution in [0.4, 0.5) is 5.69 Å². The highest BCUT2D eigenvalue weighted by molar-refractivity contribution is 9.10. The lowest BCUT2D eigenvalue weighted by atomic mass is 10.2. The number of halogens is 2. The molecule has 0 heterocycles. The minimum Gasteiger partial charge on any atom is -0.467 e. The third-order valence-electron chi connectivity index (χ3n) is 2.63. The Labute approximate surface area is 107 Å². The van der Waals surface area contributed by atoms with E-state index < -0.39 is 5.54 Å². The van der Waals surface area contributed by atoms with Crippen molar-refractivity contribution in [1.29, 1.82) is 0 Å². The number of rotatable bonds is 3. The molecule has 0 atom stereocenters. The number of anilines is 1. The zero-order valence-corrected chi connectivity index (χ0v) is 11.1. The second kappa shape index (κ2) is 4.26. The summed E-state index contributed by atoms with van der Waals surface area (Å²) in [6.07, 6.45) is 1.61. The fourth-order valence-electron chi connectivity index (χ4n) is 1.55. The van der Waals surface area contributed by atoms with Gasteiger partial charge < -0.3 is 10.1 Å². The Balaban J connectivity index is 2.15. The van der Waals surface area contributed by atoms with Gasteiger partial charge in [0.05, 0.1) is 12.1 Å². The zero-order chi connectivity index (χ0) is 11.8. The van der Waals surface area contributed by atoms with E-state index in [2.05, 4.69) is 21.2 Å². The molecule has 1 saturated carbocycles. The maximum atomic E-state index is 11.5. The van der Waals surface area contributed by atoms with Gasteiger partial charge in [-0.05, 0) is 47.0 Å². The van der Waals surface area contributed by atoms with Crippen LogP contribution in [0.3, 0.4) is 0 Å². The van der Waals surface area contributed by atoms with Crippen LogP contribution in [0.1, 0.15) is 12.8 Å². The summed E-state index contributed by atoms with van der Waals surface area (Å²) in [4.78, 5) is 11.5. The Hall–Kier alpha value is -0.740. The quantitative estimate of drug-likeness (QED) is 0.871. The van der Waals surface area contributed by atoms with E-state index in [0.717, 1.165) is 23.0 Å². The van der Waals surface area contributed by atoms with E-state index in [4.69, 9.17) is 16.3 Å². The third-order valence-corrected chi connectivity index (χ3v) is 3.84. The van der Waals surface area contributed by atoms with Gasteiger partial charge in [0.1, 0.15) is 5.54 Å². The molecule has 16 heavy (non-hydrogen) atoms. The molecule has 3 nitrogen and oxygen atoms in total. The first-order valence-corrected chi connectivity index (χ1v) is 6.06. The lowest BCUT2D eigenvalue weighted by Gasteiger charge is -2.16. The number of benzene rings is 1. The SMILES string of the molecule is COC(=O)C1(Nc2ccc(Cl)c(Br)c2)CC1. The monoisotopic (exact) mass is 303 g/mol. The number of hydrogen-bond acceptors (Lipinski definition) is 3. The summed E-state index contributed by atoms with van der Waals surface area (Å²) in [6, 6.07) is 5.47. The molecule has 0 aromatic heterocycles. The number of nitrogens with one attached hydrogen (secondary N) is 1. The van der Waals surface area contributed by atoms with Crippen LogP contribution in [0.15, 0.2) is 22.7 Å². The Bertz CT molecular complexity index is 432. The van der Waals surface area contributed by atoms with Gasteiger partial charge in [0, 0.05) is 10.2 Å². The maximum Gasteiger partial charge on any atom is 0.331 e. The highest BCUT2D eigenvalue weighted by Gasteiger charge is 2.51. The highest BCUT2D eigenvalue weighted by Crippen LogP contribution is 2.40. The van der Waals surface area contributed by atoms with E-state index in [9.17, 15) is 4.79 Å². The van der Waals surface area contributed by atoms with Crippen LogP contribution in [0.25, 0.3) is 0 Å². The summed E-state index contributed by atoms with van der Waals surface area (Å²) < 4.78 is 5.57. The first-order chi connectivity index (χ1) is 7.57. The van der Waals surface area contributed by atoms with Crippen molar-refractivity contribution in [2.75, 3.05) is 12.4 Å². The number of hydrogen-bond donors (Lipinski definition) is 1. The van der Waals surface area contributed by atoms with Crippen LogP contribution in [0.2, 0.25) is 5.02 Å². The predicted molar refractivity (Wildman–Crippen MR) is 66.8 cm³/mol. The van der Waals surface area contributed by atoms with Gasteiger partial charge >= 0.3 is 5.97 Å². The molecule has 0 radical (unpaired) electrons. The molecule has 0 saturated heterocycles. The number of carbonyl (C=O) groups is 1. The Morgan fingerprint density at radius 2 is 2.25 bits per heavy atom. The maximum absolute atomic E-state index is 11.5. The van der Waals surface area contributed by atoms with E-state index >= 15 is 0 Å². The van der Waals surface area contributed by atoms with Gasteiger partial charge in [-0.1, -0.05) is 11.6 Å². The van der Waals surface area contributed by atoms with Gasteiger partial charge in [0.15, 0.2) is 0 Å². The molecule has 5 heteroatoms. The third kappa shape index (κ3) is 2.18. The van der Waals surface area contributed by atoms with Gasteiger partial charge in [-0.3, -0.25) is 0 Å². The average Bonchev–Trinajstić information content (AvgIpc) is 3.03. The fraction of sp³-hybridized carbons (Fsp3) is 0.364. The fourth-order valence-corrected chi connectivity index (χ4v) is 2.05. The molecular formula is C11H11BrClNO2. The number of carbonyl (C=O) groups excluding carboxylic acids is 1. The molecule has 1 aliphatic rings. The minimum absolute atomic E-state index is 0.210. The van der Waals surface area contributed by atoms with E-state index in [1.807, 2.05) is 12.1 Å². The predicted octanol–water partition coefficient (Wildman–Crippen LogP) is 3.22. The molecule has 1 fully saturated rings. The topological polar surface area (TPSA) is 38.3 Å². The van der Waals surface area contributed by atoms with Crippen LogP contribution in [-0.4, -0.2) is 18.6 Å². The van der Waals surface area contributed by atoms with Crippen molar-refractivity contribution in [2.45, 2.75) is 18.4 Å². The van der Waals surface area contributed by atoms with E-state index in [-0.39, 0.29) is 5.97 Å². The zero-order valence-electron chi connectivity index (χ0n) is 8.72. The first-order valence-electron chi connectivity index (χ1n) is 4.89.